The molecule has 4 aromatic heterocycles. The second kappa shape index (κ2) is 29.5. The van der Waals surface area contributed by atoms with Crippen LogP contribution in [-0.2, 0) is 4.79 Å². The van der Waals surface area contributed by atoms with Gasteiger partial charge in [0.1, 0.15) is 23.0 Å². The molecule has 486 valence electrons. The van der Waals surface area contributed by atoms with E-state index in [0.29, 0.717) is 68.5 Å². The number of nitrogens with zero attached hydrogens (tertiary/aromatic N) is 17. The predicted octanol–water partition coefficient (Wildman–Crippen LogP) is 15.9. The molecule has 0 unspecified atom stereocenters. The van der Waals surface area contributed by atoms with E-state index < -0.39 is 0 Å². The highest BCUT2D eigenvalue weighted by Gasteiger charge is 2.26. The van der Waals surface area contributed by atoms with Gasteiger partial charge in [0.05, 0.1) is 51.2 Å². The fourth-order valence-electron chi connectivity index (χ4n) is 9.84. The van der Waals surface area contributed by atoms with Crippen LogP contribution in [0.25, 0.3) is 0 Å². The molecule has 12 aromatic rings. The Morgan fingerprint density at radius 1 is 0.309 bits per heavy atom. The van der Waals surface area contributed by atoms with Crippen molar-refractivity contribution in [3.05, 3.63) is 215 Å². The van der Waals surface area contributed by atoms with Crippen molar-refractivity contribution in [1.29, 1.82) is 0 Å². The minimum atomic E-state index is 0.0136. The third-order valence-corrected chi connectivity index (χ3v) is 14.8. The molecule has 14 rings (SSSR count). The number of anilines is 20. The van der Waals surface area contributed by atoms with Crippen LogP contribution < -0.4 is 59.8 Å². The molecular formula is C67H55Cl4N21O5. The van der Waals surface area contributed by atoms with E-state index in [4.69, 9.17) is 85.3 Å². The van der Waals surface area contributed by atoms with Gasteiger partial charge in [-0.25, -0.2) is 0 Å². The molecule has 0 saturated carbocycles. The summed E-state index contributed by atoms with van der Waals surface area (Å²) in [6.45, 7) is 0. The number of fused-ring (bicyclic) bond motifs is 16. The minimum absolute atomic E-state index is 0.0136. The maximum absolute atomic E-state index is 9.43. The molecule has 6 heterocycles. The Balaban J connectivity index is 0.000000173. The summed E-state index contributed by atoms with van der Waals surface area (Å²) in [6.07, 6.45) is 0.750. The fourth-order valence-corrected chi connectivity index (χ4v) is 10.5. The number of benzene rings is 8. The molecule has 0 radical (unpaired) electrons. The summed E-state index contributed by atoms with van der Waals surface area (Å²) in [5.74, 6) is 4.93. The predicted molar refractivity (Wildman–Crippen MR) is 377 cm³/mol. The van der Waals surface area contributed by atoms with Crippen molar-refractivity contribution in [2.75, 3.05) is 83.4 Å². The number of halogens is 4. The smallest absolute Gasteiger partial charge is 0.240 e. The number of methoxy groups -OCH3 is 4. The van der Waals surface area contributed by atoms with Crippen LogP contribution in [0.3, 0.4) is 0 Å². The van der Waals surface area contributed by atoms with Gasteiger partial charge in [-0.3, -0.25) is 24.4 Å². The van der Waals surface area contributed by atoms with Crippen molar-refractivity contribution in [3.8, 4) is 23.0 Å². The van der Waals surface area contributed by atoms with Gasteiger partial charge < -0.3 is 45.1 Å². The largest absolute Gasteiger partial charge is 0.497 e. The molecule has 0 saturated heterocycles. The quantitative estimate of drug-likeness (QED) is 0.0978. The third-order valence-electron chi connectivity index (χ3n) is 14.2. The number of rotatable bonds is 9. The van der Waals surface area contributed by atoms with E-state index in [1.54, 1.807) is 42.5 Å². The number of ether oxygens (including phenoxy) is 4. The van der Waals surface area contributed by atoms with Crippen LogP contribution in [0.5, 0.6) is 23.0 Å². The minimum Gasteiger partial charge on any atom is -0.497 e. The van der Waals surface area contributed by atoms with Gasteiger partial charge in [0, 0.05) is 59.6 Å². The number of amides is 1. The molecule has 30 heteroatoms. The van der Waals surface area contributed by atoms with Crippen LogP contribution in [0.1, 0.15) is 0 Å². The van der Waals surface area contributed by atoms with E-state index >= 15 is 0 Å². The van der Waals surface area contributed by atoms with Gasteiger partial charge >= 0.3 is 0 Å². The maximum Gasteiger partial charge on any atom is 0.240 e. The van der Waals surface area contributed by atoms with Crippen LogP contribution in [0.2, 0.25) is 21.1 Å². The lowest BCUT2D eigenvalue weighted by molar-refractivity contribution is -0.115. The SMILES string of the molecule is CN(C)C=O.COc1ccc(N2c3cccc(c3)N(c3ccc(OC)cc3)c3nc(Cl)nc(n3)Nc3cccc(c3)Nc3nc(Cl)nc2n3)cc1.COc1ccc(N2c3cccc(c3)N(c3ccc(OC)cc3)c3nc(Cl)nc(n3)Nc3cccc(c3)Nc3nc(Cl)nc2n3)cc1. The summed E-state index contributed by atoms with van der Waals surface area (Å²) in [6, 6.07) is 60.5. The number of hydrogen-bond donors (Lipinski definition) is 4. The number of nitrogens with one attached hydrogen (secondary N) is 4. The second-order valence-corrected chi connectivity index (χ2v) is 22.2. The average molecular weight is 1380 g/mol. The molecule has 97 heavy (non-hydrogen) atoms. The normalized spacial score (nSPS) is 11.9. The van der Waals surface area contributed by atoms with E-state index in [0.717, 1.165) is 29.2 Å². The van der Waals surface area contributed by atoms with Crippen LogP contribution in [0.15, 0.2) is 194 Å². The Morgan fingerprint density at radius 2 is 0.526 bits per heavy atom. The average Bonchev–Trinajstić information content (AvgIpc) is 0.822. The zero-order valence-corrected chi connectivity index (χ0v) is 55.2. The highest BCUT2D eigenvalue weighted by atomic mass is 35.5. The van der Waals surface area contributed by atoms with E-state index in [-0.39, 0.29) is 68.7 Å². The topological polar surface area (TPSA) is 273 Å². The molecule has 4 N–H and O–H groups in total. The van der Waals surface area contributed by atoms with Crippen molar-refractivity contribution in [2.45, 2.75) is 0 Å². The first-order valence-corrected chi connectivity index (χ1v) is 30.7. The highest BCUT2D eigenvalue weighted by Crippen LogP contribution is 2.43. The fraction of sp³-hybridized carbons (Fsp3) is 0.0896. The molecule has 0 atom stereocenters. The molecule has 0 fully saturated rings. The van der Waals surface area contributed by atoms with Gasteiger partial charge in [-0.15, -0.1) is 0 Å². The molecule has 2 aliphatic rings. The van der Waals surface area contributed by atoms with E-state index in [9.17, 15) is 4.79 Å². The molecule has 0 spiro atoms. The monoisotopic (exact) mass is 1370 g/mol. The summed E-state index contributed by atoms with van der Waals surface area (Å²) >= 11 is 26.0. The Morgan fingerprint density at radius 3 is 0.732 bits per heavy atom. The third kappa shape index (κ3) is 15.7. The molecule has 16 bridgehead atoms. The first-order valence-electron chi connectivity index (χ1n) is 29.2. The van der Waals surface area contributed by atoms with Crippen LogP contribution in [0.4, 0.5) is 116 Å². The standard InChI is InChI=1S/2C32H24Cl2N10O2.C3H7NO/c2*1-45-25-13-9-21(10-14-25)43-23-7-4-8-24(18-23)44(22-11-15-26(46-2)16-12-22)32-40-28(34)38-30(42-32)36-20-6-3-5-19(17-20)35-29-37-27(33)39-31(43)41-29;1-4(2)3-5/h2*3-18H,1-2H3,(H,35,37,39,41)(H,36,38,40,42);3H,1-2H3. The summed E-state index contributed by atoms with van der Waals surface area (Å²) in [5.41, 5.74) is 8.58. The molecule has 1 amide bonds. The van der Waals surface area contributed by atoms with Gasteiger partial charge in [-0.2, -0.15) is 59.8 Å². The Hall–Kier alpha value is -12.0. The molecule has 8 aromatic carbocycles. The lowest BCUT2D eigenvalue weighted by Crippen LogP contribution is -2.18. The van der Waals surface area contributed by atoms with Gasteiger partial charge in [0.2, 0.25) is 75.1 Å². The Labute approximate surface area is 575 Å². The van der Waals surface area contributed by atoms with Crippen LogP contribution in [-0.4, -0.2) is 114 Å². The molecular weight excluding hydrogens is 1320 g/mol. The Kier molecular flexibility index (Phi) is 19.8. The number of hydrogen-bond acceptors (Lipinski definition) is 25. The van der Waals surface area contributed by atoms with Gasteiger partial charge in [-0.1, -0.05) is 24.3 Å². The summed E-state index contributed by atoms with van der Waals surface area (Å²) < 4.78 is 21.6. The zero-order valence-electron chi connectivity index (χ0n) is 52.2. The van der Waals surface area contributed by atoms with Gasteiger partial charge in [0.25, 0.3) is 0 Å². The zero-order chi connectivity index (χ0) is 67.5. The van der Waals surface area contributed by atoms with E-state index in [1.165, 1.54) is 4.90 Å². The van der Waals surface area contributed by atoms with Crippen molar-refractivity contribution < 1.29 is 23.7 Å². The molecule has 26 nitrogen and oxygen atoms in total. The Bertz CT molecular complexity index is 4200. The summed E-state index contributed by atoms with van der Waals surface area (Å²) in [7, 11) is 9.84. The molecule has 0 aliphatic carbocycles. The first-order chi connectivity index (χ1) is 47.2. The van der Waals surface area contributed by atoms with Gasteiger partial charge in [-0.05, 0) is 216 Å². The van der Waals surface area contributed by atoms with Crippen LogP contribution in [0, 0.1) is 0 Å². The lowest BCUT2D eigenvalue weighted by atomic mass is 10.2. The number of carbonyl (C=O) groups is 1. The maximum atomic E-state index is 9.43. The van der Waals surface area contributed by atoms with Crippen molar-refractivity contribution in [1.82, 2.24) is 64.7 Å². The second-order valence-electron chi connectivity index (χ2n) is 20.8. The van der Waals surface area contributed by atoms with E-state index in [1.807, 2.05) is 214 Å². The van der Waals surface area contributed by atoms with Crippen molar-refractivity contribution >= 4 is 169 Å². The molecule has 2 aliphatic heterocycles. The van der Waals surface area contributed by atoms with Crippen molar-refractivity contribution in [3.63, 3.8) is 0 Å². The number of aromatic nitrogens is 12. The van der Waals surface area contributed by atoms with Crippen LogP contribution >= 0.6 is 46.4 Å². The van der Waals surface area contributed by atoms with E-state index in [2.05, 4.69) is 61.1 Å². The summed E-state index contributed by atoms with van der Waals surface area (Å²) in [4.78, 5) is 72.9. The van der Waals surface area contributed by atoms with Gasteiger partial charge in [0.15, 0.2) is 0 Å². The number of carbonyl (C=O) groups excluding carboxylic acids is 1. The van der Waals surface area contributed by atoms with Crippen molar-refractivity contribution in [2.24, 2.45) is 0 Å². The summed E-state index contributed by atoms with van der Waals surface area (Å²) in [5, 5.41) is 13.0. The highest BCUT2D eigenvalue weighted by molar-refractivity contribution is 6.29. The lowest BCUT2D eigenvalue weighted by Gasteiger charge is -2.27. The first kappa shape index (κ1) is 65.1.